The van der Waals surface area contributed by atoms with E-state index in [0.29, 0.717) is 11.3 Å². The van der Waals surface area contributed by atoms with Crippen LogP contribution in [0.5, 0.6) is 0 Å². The molecule has 0 bridgehead atoms. The number of pyridine rings is 1. The summed E-state index contributed by atoms with van der Waals surface area (Å²) in [4.78, 5) is 28.7. The van der Waals surface area contributed by atoms with Crippen LogP contribution in [-0.2, 0) is 16.0 Å². The number of imidazole rings is 1. The Hall–Kier alpha value is -2.81. The van der Waals surface area contributed by atoms with Crippen molar-refractivity contribution < 1.29 is 23.1 Å². The largest absolute Gasteiger partial charge is 0.467 e. The van der Waals surface area contributed by atoms with E-state index in [-0.39, 0.29) is 6.42 Å². The Morgan fingerprint density at radius 1 is 1.26 bits per heavy atom. The highest BCUT2D eigenvalue weighted by Crippen LogP contribution is 2.19. The fraction of sp³-hybridized carbons (Fsp3) is 0.167. The summed E-state index contributed by atoms with van der Waals surface area (Å²) in [6.07, 6.45) is 3.32. The molecule has 27 heavy (non-hydrogen) atoms. The lowest BCUT2D eigenvalue weighted by Crippen LogP contribution is -2.44. The average Bonchev–Trinajstić information content (AvgIpc) is 3.13. The minimum atomic E-state index is -1.15. The van der Waals surface area contributed by atoms with Crippen molar-refractivity contribution in [1.82, 2.24) is 14.7 Å². The molecule has 0 saturated heterocycles. The number of methoxy groups -OCH3 is 1. The zero-order valence-electron chi connectivity index (χ0n) is 14.1. The van der Waals surface area contributed by atoms with Crippen LogP contribution in [0, 0.1) is 11.6 Å². The number of ether oxygens (including phenoxy) is 1. The smallest absolute Gasteiger partial charge is 0.328 e. The number of halogens is 3. The molecule has 2 aromatic heterocycles. The number of carbonyl (C=O) groups is 2. The molecule has 6 nitrogen and oxygen atoms in total. The maximum atomic E-state index is 13.8. The number of rotatable bonds is 5. The number of benzene rings is 1. The molecule has 1 aromatic carbocycles. The van der Waals surface area contributed by atoms with Crippen LogP contribution in [0.3, 0.4) is 0 Å². The van der Waals surface area contributed by atoms with Gasteiger partial charge in [-0.2, -0.15) is 0 Å². The van der Waals surface area contributed by atoms with Gasteiger partial charge in [0, 0.05) is 24.5 Å². The lowest BCUT2D eigenvalue weighted by Gasteiger charge is -2.18. The first-order valence-corrected chi connectivity index (χ1v) is 8.64. The van der Waals surface area contributed by atoms with Gasteiger partial charge < -0.3 is 14.5 Å². The van der Waals surface area contributed by atoms with Crippen LogP contribution < -0.4 is 5.32 Å². The van der Waals surface area contributed by atoms with E-state index in [1.165, 1.54) is 7.11 Å². The van der Waals surface area contributed by atoms with Gasteiger partial charge in [-0.1, -0.05) is 6.07 Å². The van der Waals surface area contributed by atoms with Crippen molar-refractivity contribution in [2.45, 2.75) is 12.5 Å². The summed E-state index contributed by atoms with van der Waals surface area (Å²) in [5, 5.41) is 2.35. The first-order valence-electron chi connectivity index (χ1n) is 7.85. The minimum Gasteiger partial charge on any atom is -0.467 e. The Morgan fingerprint density at radius 2 is 1.96 bits per heavy atom. The molecular weight excluding hydrogens is 424 g/mol. The first-order chi connectivity index (χ1) is 12.9. The van der Waals surface area contributed by atoms with Gasteiger partial charge in [0.15, 0.2) is 5.65 Å². The average molecular weight is 438 g/mol. The molecule has 1 atom stereocenters. The molecule has 0 fully saturated rings. The van der Waals surface area contributed by atoms with Gasteiger partial charge in [0.1, 0.15) is 23.2 Å². The Bertz CT molecular complexity index is 1000. The third kappa shape index (κ3) is 3.82. The third-order valence-corrected chi connectivity index (χ3v) is 4.60. The maximum Gasteiger partial charge on any atom is 0.328 e. The summed E-state index contributed by atoms with van der Waals surface area (Å²) in [7, 11) is 1.17. The topological polar surface area (TPSA) is 72.7 Å². The van der Waals surface area contributed by atoms with Gasteiger partial charge in [-0.15, -0.1) is 0 Å². The summed E-state index contributed by atoms with van der Waals surface area (Å²) < 4.78 is 34.9. The van der Waals surface area contributed by atoms with Crippen molar-refractivity contribution in [3.05, 3.63) is 70.1 Å². The van der Waals surface area contributed by atoms with Crippen molar-refractivity contribution in [3.63, 3.8) is 0 Å². The summed E-state index contributed by atoms with van der Waals surface area (Å²) in [6, 6.07) is 5.43. The number of amides is 1. The van der Waals surface area contributed by atoms with Crippen molar-refractivity contribution in [2.24, 2.45) is 0 Å². The number of carbonyl (C=O) groups excluding carboxylic acids is 2. The fourth-order valence-electron chi connectivity index (χ4n) is 2.69. The monoisotopic (exact) mass is 437 g/mol. The summed E-state index contributed by atoms with van der Waals surface area (Å²) in [5.41, 5.74) is 0.521. The standard InChI is InChI=1S/C18H14BrF2N3O3/c1-27-18(26)14(23-17(25)15-12(20)3-2-4-13(15)21)9-10-5-6-11(19)16-22-7-8-24(10)16/h2-8,14H,9H2,1H3,(H,23,25)/t14-/m0/s1. The number of nitrogens with one attached hydrogen (secondary N) is 1. The van der Waals surface area contributed by atoms with Crippen LogP contribution in [0.15, 0.2) is 47.2 Å². The highest BCUT2D eigenvalue weighted by Gasteiger charge is 2.26. The van der Waals surface area contributed by atoms with Crippen LogP contribution in [0.25, 0.3) is 5.65 Å². The molecule has 3 aromatic rings. The Labute approximate surface area is 161 Å². The summed E-state index contributed by atoms with van der Waals surface area (Å²) >= 11 is 3.38. The van der Waals surface area contributed by atoms with Crippen LogP contribution in [0.1, 0.15) is 16.1 Å². The maximum absolute atomic E-state index is 13.8. The van der Waals surface area contributed by atoms with Gasteiger partial charge in [0.25, 0.3) is 5.91 Å². The predicted molar refractivity (Wildman–Crippen MR) is 96.2 cm³/mol. The van der Waals surface area contributed by atoms with E-state index in [9.17, 15) is 18.4 Å². The minimum absolute atomic E-state index is 0.0363. The molecule has 0 aliphatic heterocycles. The molecule has 3 rings (SSSR count). The van der Waals surface area contributed by atoms with Crippen LogP contribution in [0.4, 0.5) is 8.78 Å². The molecular formula is C18H14BrF2N3O3. The molecule has 0 radical (unpaired) electrons. The summed E-state index contributed by atoms with van der Waals surface area (Å²) in [5.74, 6) is -3.82. The number of fused-ring (bicyclic) bond motifs is 1. The number of hydrogen-bond donors (Lipinski definition) is 1. The molecule has 0 aliphatic rings. The van der Waals surface area contributed by atoms with Gasteiger partial charge in [-0.3, -0.25) is 4.79 Å². The van der Waals surface area contributed by atoms with Gasteiger partial charge in [-0.05, 0) is 40.2 Å². The second kappa shape index (κ2) is 7.83. The first kappa shape index (κ1) is 19.0. The number of esters is 1. The second-order valence-electron chi connectivity index (χ2n) is 5.64. The van der Waals surface area contributed by atoms with Gasteiger partial charge in [0.2, 0.25) is 0 Å². The molecule has 140 valence electrons. The van der Waals surface area contributed by atoms with Gasteiger partial charge >= 0.3 is 5.97 Å². The van der Waals surface area contributed by atoms with E-state index in [1.54, 1.807) is 28.9 Å². The number of aromatic nitrogens is 2. The molecule has 2 heterocycles. The second-order valence-corrected chi connectivity index (χ2v) is 6.50. The zero-order chi connectivity index (χ0) is 19.6. The Kier molecular flexibility index (Phi) is 5.50. The molecule has 9 heteroatoms. The van der Waals surface area contributed by atoms with E-state index < -0.39 is 35.1 Å². The van der Waals surface area contributed by atoms with E-state index in [2.05, 4.69) is 26.2 Å². The molecule has 0 saturated carbocycles. The molecule has 1 N–H and O–H groups in total. The van der Waals surface area contributed by atoms with Crippen molar-refractivity contribution in [3.8, 4) is 0 Å². The quantitative estimate of drug-likeness (QED) is 0.622. The lowest BCUT2D eigenvalue weighted by molar-refractivity contribution is -0.142. The van der Waals surface area contributed by atoms with E-state index >= 15 is 0 Å². The van der Waals surface area contributed by atoms with Crippen molar-refractivity contribution >= 4 is 33.5 Å². The van der Waals surface area contributed by atoms with Crippen LogP contribution in [0.2, 0.25) is 0 Å². The van der Waals surface area contributed by atoms with E-state index in [0.717, 1.165) is 22.7 Å². The normalized spacial score (nSPS) is 12.0. The summed E-state index contributed by atoms with van der Waals surface area (Å²) in [6.45, 7) is 0. The Morgan fingerprint density at radius 3 is 2.63 bits per heavy atom. The van der Waals surface area contributed by atoms with Gasteiger partial charge in [0.05, 0.1) is 11.6 Å². The fourth-order valence-corrected chi connectivity index (χ4v) is 3.12. The lowest BCUT2D eigenvalue weighted by atomic mass is 10.1. The number of nitrogens with zero attached hydrogens (tertiary/aromatic N) is 2. The predicted octanol–water partition coefficient (Wildman–Crippen LogP) is 2.89. The SMILES string of the molecule is COC(=O)[C@H](Cc1ccc(Br)c2nccn12)NC(=O)c1c(F)cccc1F. The van der Waals surface area contributed by atoms with Crippen LogP contribution >= 0.6 is 15.9 Å². The molecule has 1 amide bonds. The highest BCUT2D eigenvalue weighted by atomic mass is 79.9. The molecule has 0 unspecified atom stereocenters. The highest BCUT2D eigenvalue weighted by molar-refractivity contribution is 9.10. The number of hydrogen-bond acceptors (Lipinski definition) is 4. The van der Waals surface area contributed by atoms with Crippen LogP contribution in [-0.4, -0.2) is 34.4 Å². The van der Waals surface area contributed by atoms with Crippen molar-refractivity contribution in [2.75, 3.05) is 7.11 Å². The zero-order valence-corrected chi connectivity index (χ0v) is 15.7. The van der Waals surface area contributed by atoms with E-state index in [4.69, 9.17) is 4.74 Å². The molecule has 0 spiro atoms. The third-order valence-electron chi connectivity index (χ3n) is 3.98. The van der Waals surface area contributed by atoms with Crippen molar-refractivity contribution in [1.29, 1.82) is 0 Å². The molecule has 0 aliphatic carbocycles. The Balaban J connectivity index is 1.91. The van der Waals surface area contributed by atoms with E-state index in [1.807, 2.05) is 0 Å². The van der Waals surface area contributed by atoms with Gasteiger partial charge in [-0.25, -0.2) is 18.6 Å².